The van der Waals surface area contributed by atoms with Crippen LogP contribution in [0.25, 0.3) is 0 Å². The minimum absolute atomic E-state index is 0. The Morgan fingerprint density at radius 3 is 2.95 bits per heavy atom. The minimum Gasteiger partial charge on any atom is -0.467 e. The van der Waals surface area contributed by atoms with Gasteiger partial charge in [-0.25, -0.2) is 0 Å². The molecule has 0 bridgehead atoms. The van der Waals surface area contributed by atoms with Crippen molar-refractivity contribution >= 4 is 41.7 Å². The first-order valence-electron chi connectivity index (χ1n) is 7.52. The number of furan rings is 1. The fourth-order valence-electron chi connectivity index (χ4n) is 2.55. The van der Waals surface area contributed by atoms with E-state index in [-0.39, 0.29) is 24.0 Å². The number of rotatable bonds is 6. The van der Waals surface area contributed by atoms with Gasteiger partial charge in [-0.1, -0.05) is 0 Å². The highest BCUT2D eigenvalue weighted by Gasteiger charge is 2.24. The average molecular weight is 439 g/mol. The van der Waals surface area contributed by atoms with E-state index in [1.807, 2.05) is 18.7 Å². The summed E-state index contributed by atoms with van der Waals surface area (Å²) in [5.41, 5.74) is 0. The molecule has 0 aromatic carbocycles. The molecule has 5 nitrogen and oxygen atoms in total. The fraction of sp³-hybridized carbons (Fsp3) is 0.667. The van der Waals surface area contributed by atoms with E-state index in [0.717, 1.165) is 17.8 Å². The van der Waals surface area contributed by atoms with Gasteiger partial charge in [0.05, 0.1) is 12.8 Å². The van der Waals surface area contributed by atoms with Crippen LogP contribution in [0.4, 0.5) is 0 Å². The van der Waals surface area contributed by atoms with Gasteiger partial charge in [0.15, 0.2) is 5.96 Å². The standard InChI is InChI=1S/C15H25N3O2S.HI/c1-3-16-15(18-11-6-7-12(9-11)21-2)17-10-13(19)14-5-4-8-20-14;/h4-5,8,11-13,19H,3,6-7,9-10H2,1-2H3,(H2,16,17,18);1H. The number of aliphatic hydroxyl groups is 1. The Bertz CT molecular complexity index is 442. The zero-order valence-electron chi connectivity index (χ0n) is 13.1. The predicted molar refractivity (Wildman–Crippen MR) is 103 cm³/mol. The van der Waals surface area contributed by atoms with E-state index in [9.17, 15) is 5.11 Å². The second-order valence-corrected chi connectivity index (χ2v) is 6.40. The van der Waals surface area contributed by atoms with Crippen molar-refractivity contribution < 1.29 is 9.52 Å². The van der Waals surface area contributed by atoms with Crippen molar-refractivity contribution in [3.8, 4) is 0 Å². The van der Waals surface area contributed by atoms with Crippen LogP contribution >= 0.6 is 35.7 Å². The largest absolute Gasteiger partial charge is 0.467 e. The van der Waals surface area contributed by atoms with Crippen molar-refractivity contribution in [2.24, 2.45) is 4.99 Å². The molecule has 1 saturated carbocycles. The van der Waals surface area contributed by atoms with Crippen LogP contribution in [0.15, 0.2) is 27.8 Å². The van der Waals surface area contributed by atoms with Crippen LogP contribution in [-0.2, 0) is 0 Å². The summed E-state index contributed by atoms with van der Waals surface area (Å²) in [4.78, 5) is 4.46. The van der Waals surface area contributed by atoms with Crippen molar-refractivity contribution in [2.45, 2.75) is 43.6 Å². The lowest BCUT2D eigenvalue weighted by atomic mass is 10.2. The van der Waals surface area contributed by atoms with Crippen molar-refractivity contribution in [3.63, 3.8) is 0 Å². The van der Waals surface area contributed by atoms with E-state index in [1.54, 1.807) is 18.4 Å². The molecule has 0 amide bonds. The van der Waals surface area contributed by atoms with E-state index in [0.29, 0.717) is 18.3 Å². The molecule has 1 aliphatic carbocycles. The van der Waals surface area contributed by atoms with E-state index < -0.39 is 6.10 Å². The number of hydrogen-bond acceptors (Lipinski definition) is 4. The molecule has 0 radical (unpaired) electrons. The van der Waals surface area contributed by atoms with Crippen LogP contribution in [0.2, 0.25) is 0 Å². The molecule has 0 saturated heterocycles. The number of aliphatic imine (C=N–C) groups is 1. The van der Waals surface area contributed by atoms with Crippen LogP contribution in [0, 0.1) is 0 Å². The zero-order chi connectivity index (χ0) is 15.1. The summed E-state index contributed by atoms with van der Waals surface area (Å²) in [7, 11) is 0. The van der Waals surface area contributed by atoms with Gasteiger partial charge >= 0.3 is 0 Å². The van der Waals surface area contributed by atoms with E-state index in [1.165, 1.54) is 19.3 Å². The number of aliphatic hydroxyl groups excluding tert-OH is 1. The SMILES string of the molecule is CCNC(=NCC(O)c1ccco1)NC1CCC(SC)C1.I. The maximum absolute atomic E-state index is 10.0. The molecule has 7 heteroatoms. The minimum atomic E-state index is -0.696. The van der Waals surface area contributed by atoms with Crippen molar-refractivity contribution in [1.82, 2.24) is 10.6 Å². The monoisotopic (exact) mass is 439 g/mol. The maximum atomic E-state index is 10.0. The lowest BCUT2D eigenvalue weighted by molar-refractivity contribution is 0.158. The Balaban J connectivity index is 0.00000242. The van der Waals surface area contributed by atoms with Gasteiger partial charge in [-0.3, -0.25) is 4.99 Å². The first-order chi connectivity index (χ1) is 10.2. The normalized spacial score (nSPS) is 23.0. The molecule has 126 valence electrons. The Labute approximate surface area is 153 Å². The van der Waals surface area contributed by atoms with E-state index >= 15 is 0 Å². The highest BCUT2D eigenvalue weighted by atomic mass is 127. The molecule has 1 aromatic rings. The second kappa shape index (κ2) is 10.4. The van der Waals surface area contributed by atoms with Gasteiger partial charge in [0.25, 0.3) is 0 Å². The maximum Gasteiger partial charge on any atom is 0.191 e. The summed E-state index contributed by atoms with van der Waals surface area (Å²) in [6, 6.07) is 4.01. The van der Waals surface area contributed by atoms with Gasteiger partial charge < -0.3 is 20.2 Å². The summed E-state index contributed by atoms with van der Waals surface area (Å²) in [5, 5.41) is 17.5. The van der Waals surface area contributed by atoms with Crippen LogP contribution < -0.4 is 10.6 Å². The number of thioether (sulfide) groups is 1. The van der Waals surface area contributed by atoms with Crippen molar-refractivity contribution in [1.29, 1.82) is 0 Å². The van der Waals surface area contributed by atoms with Crippen LogP contribution in [0.3, 0.4) is 0 Å². The second-order valence-electron chi connectivity index (χ2n) is 5.26. The van der Waals surface area contributed by atoms with Gasteiger partial charge in [-0.2, -0.15) is 11.8 Å². The predicted octanol–water partition coefficient (Wildman–Crippen LogP) is 2.77. The summed E-state index contributed by atoms with van der Waals surface area (Å²) >= 11 is 1.94. The Kier molecular flexibility index (Phi) is 9.27. The van der Waals surface area contributed by atoms with Crippen LogP contribution in [0.5, 0.6) is 0 Å². The third-order valence-electron chi connectivity index (χ3n) is 3.70. The first kappa shape index (κ1) is 19.6. The summed E-state index contributed by atoms with van der Waals surface area (Å²) in [5.74, 6) is 1.33. The van der Waals surface area contributed by atoms with Gasteiger partial charge in [0.1, 0.15) is 11.9 Å². The summed E-state index contributed by atoms with van der Waals surface area (Å²) in [6.45, 7) is 3.14. The van der Waals surface area contributed by atoms with Gasteiger partial charge in [-0.15, -0.1) is 24.0 Å². The van der Waals surface area contributed by atoms with Crippen LogP contribution in [-0.4, -0.2) is 41.7 Å². The zero-order valence-corrected chi connectivity index (χ0v) is 16.3. The molecule has 0 spiro atoms. The van der Waals surface area contributed by atoms with E-state index in [4.69, 9.17) is 4.42 Å². The van der Waals surface area contributed by atoms with Gasteiger partial charge in [0, 0.05) is 17.8 Å². The smallest absolute Gasteiger partial charge is 0.191 e. The molecule has 1 heterocycles. The fourth-order valence-corrected chi connectivity index (χ4v) is 3.34. The number of halogens is 1. The molecule has 3 unspecified atom stereocenters. The Morgan fingerprint density at radius 1 is 1.55 bits per heavy atom. The Morgan fingerprint density at radius 2 is 2.36 bits per heavy atom. The molecule has 1 fully saturated rings. The number of nitrogens with one attached hydrogen (secondary N) is 2. The molecule has 3 N–H and O–H groups in total. The number of nitrogens with zero attached hydrogens (tertiary/aromatic N) is 1. The molecular formula is C15H26IN3O2S. The molecule has 2 rings (SSSR count). The lowest BCUT2D eigenvalue weighted by Gasteiger charge is -2.17. The Hall–Kier alpha value is -0.410. The molecular weight excluding hydrogens is 413 g/mol. The molecule has 3 atom stereocenters. The van der Waals surface area contributed by atoms with Gasteiger partial charge in [-0.05, 0) is 44.6 Å². The van der Waals surface area contributed by atoms with E-state index in [2.05, 4.69) is 21.9 Å². The molecule has 0 aliphatic heterocycles. The first-order valence-corrected chi connectivity index (χ1v) is 8.80. The molecule has 22 heavy (non-hydrogen) atoms. The van der Waals surface area contributed by atoms with Gasteiger partial charge in [0.2, 0.25) is 0 Å². The molecule has 1 aromatic heterocycles. The lowest BCUT2D eigenvalue weighted by Crippen LogP contribution is -2.42. The van der Waals surface area contributed by atoms with Crippen molar-refractivity contribution in [3.05, 3.63) is 24.2 Å². The van der Waals surface area contributed by atoms with Crippen LogP contribution in [0.1, 0.15) is 38.1 Å². The quantitative estimate of drug-likeness (QED) is 0.361. The average Bonchev–Trinajstić information content (AvgIpc) is 3.16. The number of hydrogen-bond donors (Lipinski definition) is 3. The number of guanidine groups is 1. The summed E-state index contributed by atoms with van der Waals surface area (Å²) in [6.07, 6.45) is 6.65. The third-order valence-corrected chi connectivity index (χ3v) is 4.79. The highest BCUT2D eigenvalue weighted by molar-refractivity contribution is 14.0. The highest BCUT2D eigenvalue weighted by Crippen LogP contribution is 2.28. The summed E-state index contributed by atoms with van der Waals surface area (Å²) < 4.78 is 5.19. The topological polar surface area (TPSA) is 69.8 Å². The van der Waals surface area contributed by atoms with Crippen molar-refractivity contribution in [2.75, 3.05) is 19.3 Å². The third kappa shape index (κ3) is 6.00. The molecule has 1 aliphatic rings.